The number of hydrogen-bond donors (Lipinski definition) is 1. The van der Waals surface area contributed by atoms with Gasteiger partial charge in [-0.3, -0.25) is 9.59 Å². The van der Waals surface area contributed by atoms with E-state index < -0.39 is 5.91 Å². The molecule has 102 valence electrons. The SMILES string of the molecule is Cc1cc(N)ccc1N1C(=O)c2ccc(C#N)cc2C1=O. The zero-order chi connectivity index (χ0) is 15.1. The van der Waals surface area contributed by atoms with E-state index >= 15 is 0 Å². The minimum atomic E-state index is -0.417. The molecule has 2 amide bonds. The number of hydrogen-bond acceptors (Lipinski definition) is 4. The van der Waals surface area contributed by atoms with E-state index in [2.05, 4.69) is 0 Å². The second-order valence-electron chi connectivity index (χ2n) is 4.86. The summed E-state index contributed by atoms with van der Waals surface area (Å²) < 4.78 is 0. The van der Waals surface area contributed by atoms with Crippen LogP contribution in [0.5, 0.6) is 0 Å². The Morgan fingerprint density at radius 3 is 2.43 bits per heavy atom. The predicted molar refractivity (Wildman–Crippen MR) is 77.9 cm³/mol. The molecule has 5 nitrogen and oxygen atoms in total. The van der Waals surface area contributed by atoms with E-state index in [4.69, 9.17) is 11.0 Å². The van der Waals surface area contributed by atoms with Crippen LogP contribution in [0.25, 0.3) is 0 Å². The summed E-state index contributed by atoms with van der Waals surface area (Å²) in [4.78, 5) is 26.0. The Morgan fingerprint density at radius 2 is 1.76 bits per heavy atom. The van der Waals surface area contributed by atoms with Gasteiger partial charge in [0.15, 0.2) is 0 Å². The molecule has 1 aliphatic heterocycles. The Kier molecular flexibility index (Phi) is 2.73. The number of nitrogens with zero attached hydrogens (tertiary/aromatic N) is 2. The summed E-state index contributed by atoms with van der Waals surface area (Å²) in [5, 5.41) is 8.90. The van der Waals surface area contributed by atoms with Crippen molar-refractivity contribution in [1.82, 2.24) is 0 Å². The van der Waals surface area contributed by atoms with E-state index in [-0.39, 0.29) is 11.5 Å². The molecule has 0 radical (unpaired) electrons. The van der Waals surface area contributed by atoms with Crippen LogP contribution in [0.3, 0.4) is 0 Å². The second-order valence-corrected chi connectivity index (χ2v) is 4.86. The maximum Gasteiger partial charge on any atom is 0.266 e. The number of nitrogen functional groups attached to an aromatic ring is 1. The first kappa shape index (κ1) is 12.9. The van der Waals surface area contributed by atoms with Crippen LogP contribution in [0.4, 0.5) is 11.4 Å². The van der Waals surface area contributed by atoms with Crippen molar-refractivity contribution in [2.24, 2.45) is 0 Å². The topological polar surface area (TPSA) is 87.2 Å². The molecule has 0 spiro atoms. The second kappa shape index (κ2) is 4.46. The van der Waals surface area contributed by atoms with Crippen molar-refractivity contribution < 1.29 is 9.59 Å². The highest BCUT2D eigenvalue weighted by molar-refractivity contribution is 6.34. The summed E-state index contributed by atoms with van der Waals surface area (Å²) in [7, 11) is 0. The van der Waals surface area contributed by atoms with E-state index in [1.54, 1.807) is 25.1 Å². The molecule has 2 N–H and O–H groups in total. The van der Waals surface area contributed by atoms with Gasteiger partial charge in [0.1, 0.15) is 0 Å². The van der Waals surface area contributed by atoms with Crippen molar-refractivity contribution in [3.05, 3.63) is 58.7 Å². The molecule has 0 atom stereocenters. The molecule has 0 aromatic heterocycles. The molecule has 5 heteroatoms. The van der Waals surface area contributed by atoms with Crippen LogP contribution >= 0.6 is 0 Å². The van der Waals surface area contributed by atoms with Gasteiger partial charge in [0, 0.05) is 5.69 Å². The third-order valence-corrected chi connectivity index (χ3v) is 3.48. The van der Waals surface area contributed by atoms with Crippen LogP contribution < -0.4 is 10.6 Å². The number of benzene rings is 2. The number of carbonyl (C=O) groups excluding carboxylic acids is 2. The van der Waals surface area contributed by atoms with Crippen molar-refractivity contribution in [2.45, 2.75) is 6.92 Å². The summed E-state index contributed by atoms with van der Waals surface area (Å²) in [5.41, 5.74) is 8.44. The van der Waals surface area contributed by atoms with Crippen LogP contribution in [0.2, 0.25) is 0 Å². The zero-order valence-electron chi connectivity index (χ0n) is 11.3. The molecular weight excluding hydrogens is 266 g/mol. The standard InChI is InChI=1S/C16H11N3O2/c1-9-6-11(18)3-5-14(9)19-15(20)12-4-2-10(8-17)7-13(12)16(19)21/h2-7H,18H2,1H3. The number of fused-ring (bicyclic) bond motifs is 1. The first-order valence-electron chi connectivity index (χ1n) is 6.32. The highest BCUT2D eigenvalue weighted by Crippen LogP contribution is 2.31. The third-order valence-electron chi connectivity index (χ3n) is 3.48. The van der Waals surface area contributed by atoms with Gasteiger partial charge in [0.25, 0.3) is 11.8 Å². The van der Waals surface area contributed by atoms with Crippen LogP contribution in [-0.2, 0) is 0 Å². The van der Waals surface area contributed by atoms with Crippen molar-refractivity contribution in [3.8, 4) is 6.07 Å². The lowest BCUT2D eigenvalue weighted by atomic mass is 10.1. The molecule has 21 heavy (non-hydrogen) atoms. The van der Waals surface area contributed by atoms with Gasteiger partial charge in [0.2, 0.25) is 0 Å². The molecular formula is C16H11N3O2. The van der Waals surface area contributed by atoms with Gasteiger partial charge in [-0.15, -0.1) is 0 Å². The predicted octanol–water partition coefficient (Wildman–Crippen LogP) is 2.25. The third kappa shape index (κ3) is 1.85. The summed E-state index contributed by atoms with van der Waals surface area (Å²) in [5.74, 6) is -0.799. The average molecular weight is 277 g/mol. The lowest BCUT2D eigenvalue weighted by molar-refractivity contribution is 0.0926. The van der Waals surface area contributed by atoms with Crippen molar-refractivity contribution in [1.29, 1.82) is 5.26 Å². The van der Waals surface area contributed by atoms with Gasteiger partial charge in [0.05, 0.1) is 28.4 Å². The van der Waals surface area contributed by atoms with Crippen LogP contribution in [0, 0.1) is 18.3 Å². The largest absolute Gasteiger partial charge is 0.399 e. The fourth-order valence-corrected chi connectivity index (χ4v) is 2.46. The van der Waals surface area contributed by atoms with E-state index in [1.165, 1.54) is 18.2 Å². The van der Waals surface area contributed by atoms with E-state index in [1.807, 2.05) is 6.07 Å². The molecule has 0 saturated carbocycles. The van der Waals surface area contributed by atoms with Crippen LogP contribution in [0.15, 0.2) is 36.4 Å². The van der Waals surface area contributed by atoms with Gasteiger partial charge < -0.3 is 5.73 Å². The monoisotopic (exact) mass is 277 g/mol. The van der Waals surface area contributed by atoms with Gasteiger partial charge in [-0.2, -0.15) is 5.26 Å². The fourth-order valence-electron chi connectivity index (χ4n) is 2.46. The Hall–Kier alpha value is -3.13. The Labute approximate surface area is 121 Å². The summed E-state index contributed by atoms with van der Waals surface area (Å²) in [6, 6.07) is 11.5. The van der Waals surface area contributed by atoms with Crippen molar-refractivity contribution in [3.63, 3.8) is 0 Å². The highest BCUT2D eigenvalue weighted by atomic mass is 16.2. The molecule has 1 aliphatic rings. The molecule has 2 aromatic carbocycles. The van der Waals surface area contributed by atoms with Gasteiger partial charge in [-0.1, -0.05) is 0 Å². The van der Waals surface area contributed by atoms with E-state index in [0.717, 1.165) is 10.5 Å². The Bertz CT molecular complexity index is 834. The molecule has 1 heterocycles. The zero-order valence-corrected chi connectivity index (χ0v) is 11.3. The first-order valence-corrected chi connectivity index (χ1v) is 6.32. The minimum Gasteiger partial charge on any atom is -0.399 e. The molecule has 2 aromatic rings. The summed E-state index contributed by atoms with van der Waals surface area (Å²) >= 11 is 0. The average Bonchev–Trinajstić information content (AvgIpc) is 2.71. The first-order chi connectivity index (χ1) is 10.0. The molecule has 0 unspecified atom stereocenters. The molecule has 0 saturated heterocycles. The van der Waals surface area contributed by atoms with Gasteiger partial charge >= 0.3 is 0 Å². The van der Waals surface area contributed by atoms with E-state index in [0.29, 0.717) is 22.5 Å². The molecule has 0 fully saturated rings. The van der Waals surface area contributed by atoms with Crippen LogP contribution in [0.1, 0.15) is 31.8 Å². The summed E-state index contributed by atoms with van der Waals surface area (Å²) in [6.07, 6.45) is 0. The highest BCUT2D eigenvalue weighted by Gasteiger charge is 2.37. The maximum absolute atomic E-state index is 12.5. The van der Waals surface area contributed by atoms with E-state index in [9.17, 15) is 9.59 Å². The maximum atomic E-state index is 12.5. The molecule has 3 rings (SSSR count). The Balaban J connectivity index is 2.14. The number of rotatable bonds is 1. The lowest BCUT2D eigenvalue weighted by Gasteiger charge is -2.16. The van der Waals surface area contributed by atoms with Crippen LogP contribution in [-0.4, -0.2) is 11.8 Å². The minimum absolute atomic E-state index is 0.260. The quantitative estimate of drug-likeness (QED) is 0.639. The number of anilines is 2. The number of nitriles is 1. The number of nitrogens with two attached hydrogens (primary N) is 1. The summed E-state index contributed by atoms with van der Waals surface area (Å²) in [6.45, 7) is 1.79. The number of imide groups is 1. The number of carbonyl (C=O) groups is 2. The Morgan fingerprint density at radius 1 is 1.05 bits per heavy atom. The smallest absolute Gasteiger partial charge is 0.266 e. The lowest BCUT2D eigenvalue weighted by Crippen LogP contribution is -2.30. The molecule has 0 aliphatic carbocycles. The fraction of sp³-hybridized carbons (Fsp3) is 0.0625. The normalized spacial score (nSPS) is 13.2. The van der Waals surface area contributed by atoms with Crippen molar-refractivity contribution >= 4 is 23.2 Å². The number of amides is 2. The van der Waals surface area contributed by atoms with Crippen molar-refractivity contribution in [2.75, 3.05) is 10.6 Å². The van der Waals surface area contributed by atoms with Gasteiger partial charge in [-0.25, -0.2) is 4.90 Å². The number of aryl methyl sites for hydroxylation is 1. The van der Waals surface area contributed by atoms with Gasteiger partial charge in [-0.05, 0) is 48.9 Å². The molecule has 0 bridgehead atoms.